The monoisotopic (exact) mass is 386 g/mol. The van der Waals surface area contributed by atoms with Crippen molar-refractivity contribution in [1.82, 2.24) is 0 Å². The van der Waals surface area contributed by atoms with Crippen LogP contribution in [0.3, 0.4) is 0 Å². The van der Waals surface area contributed by atoms with Crippen LogP contribution in [0.25, 0.3) is 6.08 Å². The lowest BCUT2D eigenvalue weighted by Gasteiger charge is -2.06. The number of fused-ring (bicyclic) bond motifs is 1. The van der Waals surface area contributed by atoms with Gasteiger partial charge in [0.05, 0.1) is 18.2 Å². The number of benzene rings is 3. The van der Waals surface area contributed by atoms with E-state index in [1.807, 2.05) is 54.6 Å². The third-order valence-electron chi connectivity index (χ3n) is 4.52. The summed E-state index contributed by atoms with van der Waals surface area (Å²) >= 11 is 0. The molecule has 0 amide bonds. The maximum Gasteiger partial charge on any atom is 0.337 e. The summed E-state index contributed by atoms with van der Waals surface area (Å²) in [5.74, 6) is 0.608. The van der Waals surface area contributed by atoms with Gasteiger partial charge in [0, 0.05) is 0 Å². The van der Waals surface area contributed by atoms with E-state index in [-0.39, 0.29) is 11.5 Å². The highest BCUT2D eigenvalue weighted by atomic mass is 16.5. The van der Waals surface area contributed by atoms with Crippen LogP contribution < -0.4 is 9.47 Å². The molecule has 29 heavy (non-hydrogen) atoms. The highest BCUT2D eigenvalue weighted by Gasteiger charge is 2.28. The van der Waals surface area contributed by atoms with Crippen molar-refractivity contribution in [2.24, 2.45) is 0 Å². The molecular formula is C24H18O5. The number of allylic oxidation sites excluding steroid dienone is 1. The first-order valence-corrected chi connectivity index (χ1v) is 9.07. The van der Waals surface area contributed by atoms with E-state index in [1.54, 1.807) is 18.2 Å². The van der Waals surface area contributed by atoms with Crippen molar-refractivity contribution in [2.45, 2.75) is 6.61 Å². The fourth-order valence-corrected chi connectivity index (χ4v) is 2.99. The first-order valence-electron chi connectivity index (χ1n) is 9.07. The third-order valence-corrected chi connectivity index (χ3v) is 4.52. The molecule has 4 rings (SSSR count). The van der Waals surface area contributed by atoms with Gasteiger partial charge in [0.1, 0.15) is 18.1 Å². The van der Waals surface area contributed by atoms with Crippen molar-refractivity contribution in [1.29, 1.82) is 0 Å². The van der Waals surface area contributed by atoms with E-state index < -0.39 is 5.97 Å². The number of hydrogen-bond donors (Lipinski definition) is 0. The summed E-state index contributed by atoms with van der Waals surface area (Å²) in [6, 6.07) is 22.0. The lowest BCUT2D eigenvalue weighted by Crippen LogP contribution is -2.02. The Morgan fingerprint density at radius 3 is 2.48 bits per heavy atom. The van der Waals surface area contributed by atoms with Gasteiger partial charge in [-0.25, -0.2) is 4.79 Å². The Bertz CT molecular complexity index is 1080. The number of ether oxygens (including phenoxy) is 3. The summed E-state index contributed by atoms with van der Waals surface area (Å²) < 4.78 is 16.1. The Labute approximate surface area is 168 Å². The standard InChI is InChI=1S/C24H18O5/c1-27-24(26)18-9-12-21-20(14-18)23(25)22(29-21)13-16-7-10-19(11-8-16)28-15-17-5-3-2-4-6-17/h2-14H,15H2,1H3/b22-13-. The maximum atomic E-state index is 12.6. The van der Waals surface area contributed by atoms with Crippen molar-refractivity contribution in [2.75, 3.05) is 7.11 Å². The lowest BCUT2D eigenvalue weighted by molar-refractivity contribution is 0.0600. The Kier molecular flexibility index (Phi) is 5.12. The number of carbonyl (C=O) groups is 2. The van der Waals surface area contributed by atoms with Crippen LogP contribution in [0.1, 0.15) is 31.8 Å². The van der Waals surface area contributed by atoms with E-state index in [4.69, 9.17) is 14.2 Å². The molecule has 0 unspecified atom stereocenters. The number of carbonyl (C=O) groups excluding carboxylic acids is 2. The summed E-state index contributed by atoms with van der Waals surface area (Å²) in [6.07, 6.45) is 1.67. The van der Waals surface area contributed by atoms with Gasteiger partial charge in [-0.3, -0.25) is 4.79 Å². The molecule has 0 N–H and O–H groups in total. The van der Waals surface area contributed by atoms with Crippen LogP contribution in [-0.2, 0) is 11.3 Å². The molecule has 0 aromatic heterocycles. The predicted octanol–water partition coefficient (Wildman–Crippen LogP) is 4.67. The molecule has 0 bridgehead atoms. The molecule has 1 heterocycles. The molecule has 0 spiro atoms. The summed E-state index contributed by atoms with van der Waals surface area (Å²) in [4.78, 5) is 24.3. The number of methoxy groups -OCH3 is 1. The van der Waals surface area contributed by atoms with Crippen molar-refractivity contribution in [3.63, 3.8) is 0 Å². The van der Waals surface area contributed by atoms with Crippen molar-refractivity contribution in [3.05, 3.63) is 101 Å². The molecule has 3 aromatic rings. The van der Waals surface area contributed by atoms with Crippen LogP contribution in [0.2, 0.25) is 0 Å². The minimum absolute atomic E-state index is 0.208. The van der Waals surface area contributed by atoms with Gasteiger partial charge in [0.15, 0.2) is 5.76 Å². The summed E-state index contributed by atoms with van der Waals surface area (Å²) in [6.45, 7) is 0.487. The first-order chi connectivity index (χ1) is 14.1. The molecule has 0 atom stereocenters. The van der Waals surface area contributed by atoms with Gasteiger partial charge in [-0.2, -0.15) is 0 Å². The predicted molar refractivity (Wildman–Crippen MR) is 108 cm³/mol. The SMILES string of the molecule is COC(=O)c1ccc2c(c1)C(=O)/C(=C/c1ccc(OCc3ccccc3)cc1)O2. The number of hydrogen-bond acceptors (Lipinski definition) is 5. The molecule has 1 aliphatic rings. The largest absolute Gasteiger partial charge is 0.489 e. The van der Waals surface area contributed by atoms with E-state index >= 15 is 0 Å². The normalized spacial score (nSPS) is 13.7. The van der Waals surface area contributed by atoms with Gasteiger partial charge in [-0.1, -0.05) is 42.5 Å². The first kappa shape index (κ1) is 18.5. The summed E-state index contributed by atoms with van der Waals surface area (Å²) in [5.41, 5.74) is 2.56. The number of ketones is 1. The van der Waals surface area contributed by atoms with Gasteiger partial charge in [-0.05, 0) is 47.5 Å². The lowest BCUT2D eigenvalue weighted by atomic mass is 10.1. The Balaban J connectivity index is 1.46. The average molecular weight is 386 g/mol. The summed E-state index contributed by atoms with van der Waals surface area (Å²) in [7, 11) is 1.30. The topological polar surface area (TPSA) is 61.8 Å². The summed E-state index contributed by atoms with van der Waals surface area (Å²) in [5, 5.41) is 0. The molecule has 5 nitrogen and oxygen atoms in total. The average Bonchev–Trinajstić information content (AvgIpc) is 3.08. The molecule has 0 radical (unpaired) electrons. The van der Waals surface area contributed by atoms with Crippen LogP contribution >= 0.6 is 0 Å². The van der Waals surface area contributed by atoms with E-state index in [0.717, 1.165) is 16.9 Å². The van der Waals surface area contributed by atoms with Gasteiger partial charge in [0.2, 0.25) is 5.78 Å². The van der Waals surface area contributed by atoms with E-state index in [2.05, 4.69) is 0 Å². The smallest absolute Gasteiger partial charge is 0.337 e. The van der Waals surface area contributed by atoms with E-state index in [9.17, 15) is 9.59 Å². The highest BCUT2D eigenvalue weighted by Crippen LogP contribution is 2.33. The second-order valence-corrected chi connectivity index (χ2v) is 6.49. The number of rotatable bonds is 5. The molecule has 144 valence electrons. The maximum absolute atomic E-state index is 12.6. The van der Waals surface area contributed by atoms with Gasteiger partial charge in [-0.15, -0.1) is 0 Å². The highest BCUT2D eigenvalue weighted by molar-refractivity contribution is 6.15. The van der Waals surface area contributed by atoms with Crippen molar-refractivity contribution in [3.8, 4) is 11.5 Å². The zero-order valence-corrected chi connectivity index (χ0v) is 15.8. The van der Waals surface area contributed by atoms with Gasteiger partial charge >= 0.3 is 5.97 Å². The molecule has 0 aliphatic carbocycles. The van der Waals surface area contributed by atoms with E-state index in [0.29, 0.717) is 23.5 Å². The van der Waals surface area contributed by atoms with Crippen molar-refractivity contribution < 1.29 is 23.8 Å². The fraction of sp³-hybridized carbons (Fsp3) is 0.0833. The molecule has 0 saturated heterocycles. The zero-order valence-electron chi connectivity index (χ0n) is 15.8. The zero-order chi connectivity index (χ0) is 20.2. The van der Waals surface area contributed by atoms with Crippen LogP contribution in [-0.4, -0.2) is 18.9 Å². The second kappa shape index (κ2) is 8.02. The number of Topliss-reactive ketones (excluding diaryl/α,β-unsaturated/α-hetero) is 1. The molecule has 0 fully saturated rings. The van der Waals surface area contributed by atoms with Crippen LogP contribution in [0.15, 0.2) is 78.6 Å². The van der Waals surface area contributed by atoms with Gasteiger partial charge in [0.25, 0.3) is 0 Å². The fourth-order valence-electron chi connectivity index (χ4n) is 2.99. The molecule has 1 aliphatic heterocycles. The Hall–Kier alpha value is -3.86. The Morgan fingerprint density at radius 1 is 1.00 bits per heavy atom. The van der Waals surface area contributed by atoms with Crippen molar-refractivity contribution >= 4 is 17.8 Å². The molecule has 5 heteroatoms. The molecule has 3 aromatic carbocycles. The minimum atomic E-state index is -0.496. The molecule has 0 saturated carbocycles. The third kappa shape index (κ3) is 4.04. The Morgan fingerprint density at radius 2 is 1.76 bits per heavy atom. The van der Waals surface area contributed by atoms with E-state index in [1.165, 1.54) is 13.2 Å². The second-order valence-electron chi connectivity index (χ2n) is 6.49. The minimum Gasteiger partial charge on any atom is -0.489 e. The van der Waals surface area contributed by atoms with Crippen LogP contribution in [0.5, 0.6) is 11.5 Å². The van der Waals surface area contributed by atoms with Crippen LogP contribution in [0.4, 0.5) is 0 Å². The van der Waals surface area contributed by atoms with Crippen LogP contribution in [0, 0.1) is 0 Å². The molecular weight excluding hydrogens is 368 g/mol. The van der Waals surface area contributed by atoms with Gasteiger partial charge < -0.3 is 14.2 Å². The quantitative estimate of drug-likeness (QED) is 0.471. The number of esters is 1.